The van der Waals surface area contributed by atoms with E-state index in [0.717, 1.165) is 11.3 Å². The van der Waals surface area contributed by atoms with E-state index in [9.17, 15) is 4.79 Å². The molecule has 2 heterocycles. The number of anilines is 1. The van der Waals surface area contributed by atoms with Crippen molar-refractivity contribution >= 4 is 11.6 Å². The van der Waals surface area contributed by atoms with Crippen molar-refractivity contribution in [3.05, 3.63) is 36.0 Å². The lowest BCUT2D eigenvalue weighted by Gasteiger charge is -2.09. The van der Waals surface area contributed by atoms with E-state index >= 15 is 0 Å². The summed E-state index contributed by atoms with van der Waals surface area (Å²) >= 11 is 0. The van der Waals surface area contributed by atoms with Crippen LogP contribution in [0.1, 0.15) is 17.7 Å². The fourth-order valence-electron chi connectivity index (χ4n) is 1.69. The first kappa shape index (κ1) is 13.1. The molecule has 2 aromatic rings. The highest BCUT2D eigenvalue weighted by Crippen LogP contribution is 2.22. The normalized spacial score (nSPS) is 10.2. The molecule has 0 fully saturated rings. The van der Waals surface area contributed by atoms with Crippen molar-refractivity contribution in [3.63, 3.8) is 0 Å². The van der Waals surface area contributed by atoms with Crippen molar-refractivity contribution in [2.45, 2.75) is 19.8 Å². The van der Waals surface area contributed by atoms with Gasteiger partial charge in [-0.05, 0) is 25.0 Å². The fourth-order valence-corrected chi connectivity index (χ4v) is 1.69. The molecular formula is C13H16N4O2. The Morgan fingerprint density at radius 2 is 2.32 bits per heavy atom. The van der Waals surface area contributed by atoms with Crippen LogP contribution < -0.4 is 10.1 Å². The lowest BCUT2D eigenvalue weighted by Crippen LogP contribution is -2.13. The largest absolute Gasteiger partial charge is 0.480 e. The summed E-state index contributed by atoms with van der Waals surface area (Å²) in [5.74, 6) is 0.334. The molecule has 0 saturated heterocycles. The number of carbonyl (C=O) groups is 1. The van der Waals surface area contributed by atoms with Crippen LogP contribution in [0, 0.1) is 6.92 Å². The summed E-state index contributed by atoms with van der Waals surface area (Å²) in [6.45, 7) is 1.91. The topological polar surface area (TPSA) is 79.9 Å². The molecule has 1 amide bonds. The van der Waals surface area contributed by atoms with Crippen molar-refractivity contribution in [2.24, 2.45) is 0 Å². The molecule has 6 nitrogen and oxygen atoms in total. The van der Waals surface area contributed by atoms with Crippen molar-refractivity contribution in [3.8, 4) is 5.88 Å². The predicted octanol–water partition coefficient (Wildman–Crippen LogP) is 1.69. The maximum absolute atomic E-state index is 11.9. The van der Waals surface area contributed by atoms with Gasteiger partial charge in [0.2, 0.25) is 11.8 Å². The average molecular weight is 260 g/mol. The Bertz CT molecular complexity index is 552. The fraction of sp³-hybridized carbons (Fsp3) is 0.308. The van der Waals surface area contributed by atoms with Crippen LogP contribution >= 0.6 is 0 Å². The summed E-state index contributed by atoms with van der Waals surface area (Å²) in [4.78, 5) is 22.8. The number of aryl methyl sites for hydroxylation is 2. The van der Waals surface area contributed by atoms with Crippen molar-refractivity contribution < 1.29 is 9.53 Å². The number of imidazole rings is 1. The number of amides is 1. The highest BCUT2D eigenvalue weighted by Gasteiger charge is 2.09. The van der Waals surface area contributed by atoms with Crippen LogP contribution in [0.3, 0.4) is 0 Å². The van der Waals surface area contributed by atoms with Gasteiger partial charge in [-0.3, -0.25) is 4.79 Å². The summed E-state index contributed by atoms with van der Waals surface area (Å²) in [5, 5.41) is 2.80. The van der Waals surface area contributed by atoms with Crippen LogP contribution in [0.25, 0.3) is 0 Å². The van der Waals surface area contributed by atoms with Gasteiger partial charge in [0, 0.05) is 24.5 Å². The number of hydrogen-bond acceptors (Lipinski definition) is 4. The van der Waals surface area contributed by atoms with Crippen LogP contribution in [0.5, 0.6) is 5.88 Å². The molecule has 0 aliphatic rings. The molecule has 0 bridgehead atoms. The molecule has 6 heteroatoms. The van der Waals surface area contributed by atoms with E-state index in [-0.39, 0.29) is 5.91 Å². The molecule has 0 aromatic carbocycles. The van der Waals surface area contributed by atoms with Gasteiger partial charge in [-0.2, -0.15) is 0 Å². The van der Waals surface area contributed by atoms with Crippen molar-refractivity contribution in [1.82, 2.24) is 15.0 Å². The van der Waals surface area contributed by atoms with E-state index < -0.39 is 0 Å². The molecule has 2 N–H and O–H groups in total. The van der Waals surface area contributed by atoms with Gasteiger partial charge in [-0.1, -0.05) is 0 Å². The van der Waals surface area contributed by atoms with E-state index in [1.165, 1.54) is 7.11 Å². The first-order valence-electron chi connectivity index (χ1n) is 5.97. The summed E-state index contributed by atoms with van der Waals surface area (Å²) in [6, 6.07) is 1.83. The first-order valence-corrected chi connectivity index (χ1v) is 5.97. The minimum Gasteiger partial charge on any atom is -0.480 e. The SMILES string of the molecule is COc1ncc(C)cc1NC(=O)CCc1cnc[nH]1. The van der Waals surface area contributed by atoms with Gasteiger partial charge in [0.25, 0.3) is 0 Å². The number of carbonyl (C=O) groups excluding carboxylic acids is 1. The number of methoxy groups -OCH3 is 1. The Hall–Kier alpha value is -2.37. The number of hydrogen-bond donors (Lipinski definition) is 2. The molecule has 0 spiro atoms. The number of aromatic amines is 1. The number of pyridine rings is 1. The van der Waals surface area contributed by atoms with Gasteiger partial charge in [-0.25, -0.2) is 9.97 Å². The molecule has 0 saturated carbocycles. The summed E-state index contributed by atoms with van der Waals surface area (Å²) in [5.41, 5.74) is 2.49. The standard InChI is InChI=1S/C13H16N4O2/c1-9-5-11(13(19-2)15-6-9)17-12(18)4-3-10-7-14-8-16-10/h5-8H,3-4H2,1-2H3,(H,14,16)(H,17,18). The number of rotatable bonds is 5. The van der Waals surface area contributed by atoms with Gasteiger partial charge in [-0.15, -0.1) is 0 Å². The molecule has 0 aliphatic heterocycles. The Morgan fingerprint density at radius 1 is 1.47 bits per heavy atom. The van der Waals surface area contributed by atoms with Crippen LogP contribution in [0.4, 0.5) is 5.69 Å². The van der Waals surface area contributed by atoms with Crippen LogP contribution in [-0.2, 0) is 11.2 Å². The second-order valence-electron chi connectivity index (χ2n) is 4.19. The van der Waals surface area contributed by atoms with E-state index in [4.69, 9.17) is 4.74 Å². The average Bonchev–Trinajstić information content (AvgIpc) is 2.90. The summed E-state index contributed by atoms with van der Waals surface area (Å²) < 4.78 is 5.11. The van der Waals surface area contributed by atoms with Gasteiger partial charge in [0.05, 0.1) is 13.4 Å². The van der Waals surface area contributed by atoms with E-state index in [1.54, 1.807) is 18.7 Å². The zero-order valence-electron chi connectivity index (χ0n) is 10.9. The number of ether oxygens (including phenoxy) is 1. The maximum atomic E-state index is 11.9. The van der Waals surface area contributed by atoms with E-state index in [0.29, 0.717) is 24.4 Å². The number of nitrogens with one attached hydrogen (secondary N) is 2. The molecule has 0 radical (unpaired) electrons. The molecule has 0 unspecified atom stereocenters. The second-order valence-corrected chi connectivity index (χ2v) is 4.19. The molecule has 0 aliphatic carbocycles. The Kier molecular flexibility index (Phi) is 4.12. The third-order valence-electron chi connectivity index (χ3n) is 2.63. The quantitative estimate of drug-likeness (QED) is 0.857. The smallest absolute Gasteiger partial charge is 0.237 e. The second kappa shape index (κ2) is 5.99. The van der Waals surface area contributed by atoms with Crippen LogP contribution in [-0.4, -0.2) is 28.0 Å². The third-order valence-corrected chi connectivity index (χ3v) is 2.63. The van der Waals surface area contributed by atoms with Gasteiger partial charge >= 0.3 is 0 Å². The predicted molar refractivity (Wildman–Crippen MR) is 71.1 cm³/mol. The van der Waals surface area contributed by atoms with Gasteiger partial charge in [0.1, 0.15) is 5.69 Å². The lowest BCUT2D eigenvalue weighted by molar-refractivity contribution is -0.116. The van der Waals surface area contributed by atoms with Crippen LogP contribution in [0.15, 0.2) is 24.8 Å². The van der Waals surface area contributed by atoms with Gasteiger partial charge in [0.15, 0.2) is 0 Å². The summed E-state index contributed by atoms with van der Waals surface area (Å²) in [7, 11) is 1.53. The monoisotopic (exact) mass is 260 g/mol. The summed E-state index contributed by atoms with van der Waals surface area (Å²) in [6.07, 6.45) is 5.99. The molecule has 0 atom stereocenters. The minimum absolute atomic E-state index is 0.0831. The minimum atomic E-state index is -0.0831. The molecule has 100 valence electrons. The highest BCUT2D eigenvalue weighted by molar-refractivity contribution is 5.92. The lowest BCUT2D eigenvalue weighted by atomic mass is 10.2. The third kappa shape index (κ3) is 3.54. The van der Waals surface area contributed by atoms with E-state index in [1.807, 2.05) is 13.0 Å². The Balaban J connectivity index is 1.96. The maximum Gasteiger partial charge on any atom is 0.237 e. The molecule has 2 rings (SSSR count). The van der Waals surface area contributed by atoms with Crippen molar-refractivity contribution in [1.29, 1.82) is 0 Å². The number of aromatic nitrogens is 3. The first-order chi connectivity index (χ1) is 9.19. The Labute approximate surface area is 111 Å². The molecule has 2 aromatic heterocycles. The van der Waals surface area contributed by atoms with Crippen LogP contribution in [0.2, 0.25) is 0 Å². The zero-order chi connectivity index (χ0) is 13.7. The van der Waals surface area contributed by atoms with Gasteiger partial charge < -0.3 is 15.0 Å². The highest BCUT2D eigenvalue weighted by atomic mass is 16.5. The molecule has 19 heavy (non-hydrogen) atoms. The number of nitrogens with zero attached hydrogens (tertiary/aromatic N) is 2. The van der Waals surface area contributed by atoms with E-state index in [2.05, 4.69) is 20.3 Å². The Morgan fingerprint density at radius 3 is 3.00 bits per heavy atom. The number of H-pyrrole nitrogens is 1. The molecular weight excluding hydrogens is 244 g/mol. The zero-order valence-corrected chi connectivity index (χ0v) is 10.9. The van der Waals surface area contributed by atoms with Crippen molar-refractivity contribution in [2.75, 3.05) is 12.4 Å².